The van der Waals surface area contributed by atoms with E-state index in [2.05, 4.69) is 70.2 Å². The zero-order valence-electron chi connectivity index (χ0n) is 21.7. The smallest absolute Gasteiger partial charge is 0.408 e. The predicted molar refractivity (Wildman–Crippen MR) is 147 cm³/mol. The van der Waals surface area contributed by atoms with Gasteiger partial charge >= 0.3 is 8.60 Å². The summed E-state index contributed by atoms with van der Waals surface area (Å²) in [6, 6.07) is 23.2. The molecular weight excluding hydrogens is 451 g/mol. The highest BCUT2D eigenvalue weighted by molar-refractivity contribution is 7.43. The van der Waals surface area contributed by atoms with Gasteiger partial charge in [0.15, 0.2) is 0 Å². The van der Waals surface area contributed by atoms with Crippen LogP contribution in [0.1, 0.15) is 88.5 Å². The molecule has 3 aromatic rings. The zero-order valence-corrected chi connectivity index (χ0v) is 22.6. The lowest BCUT2D eigenvalue weighted by atomic mass is 9.77. The fourth-order valence-electron chi connectivity index (χ4n) is 4.78. The van der Waals surface area contributed by atoms with E-state index in [1.54, 1.807) is 0 Å². The van der Waals surface area contributed by atoms with Gasteiger partial charge in [0.2, 0.25) is 0 Å². The molecule has 0 fully saturated rings. The minimum atomic E-state index is -1.66. The molecule has 0 aliphatic carbocycles. The number of hydrogen-bond acceptors (Lipinski definition) is 3. The second kappa shape index (κ2) is 12.0. The molecule has 0 aromatic heterocycles. The van der Waals surface area contributed by atoms with E-state index >= 15 is 0 Å². The van der Waals surface area contributed by atoms with E-state index in [1.807, 2.05) is 24.3 Å². The van der Waals surface area contributed by atoms with Crippen molar-refractivity contribution in [1.29, 1.82) is 0 Å². The van der Waals surface area contributed by atoms with Crippen LogP contribution in [-0.2, 0) is 18.3 Å². The molecule has 0 saturated heterocycles. The van der Waals surface area contributed by atoms with Gasteiger partial charge in [-0.15, -0.1) is 0 Å². The second-order valence-electron chi connectivity index (χ2n) is 9.97. The number of unbranched alkanes of at least 4 members (excludes halogenated alkanes) is 4. The van der Waals surface area contributed by atoms with E-state index in [4.69, 9.17) is 13.6 Å². The third-order valence-electron chi connectivity index (χ3n) is 6.88. The topological polar surface area (TPSA) is 27.7 Å². The van der Waals surface area contributed by atoms with Crippen LogP contribution < -0.4 is 13.6 Å². The maximum absolute atomic E-state index is 6.54. The number of para-hydroxylation sites is 2. The highest BCUT2D eigenvalue weighted by Crippen LogP contribution is 2.52. The summed E-state index contributed by atoms with van der Waals surface area (Å²) >= 11 is 0. The average molecular weight is 491 g/mol. The first kappa shape index (κ1) is 25.6. The molecule has 0 radical (unpaired) electrons. The Bertz CT molecular complexity index is 1060. The van der Waals surface area contributed by atoms with Gasteiger partial charge in [0.25, 0.3) is 0 Å². The van der Waals surface area contributed by atoms with Gasteiger partial charge in [-0.1, -0.05) is 102 Å². The molecule has 186 valence electrons. The highest BCUT2D eigenvalue weighted by Gasteiger charge is 2.35. The summed E-state index contributed by atoms with van der Waals surface area (Å²) in [6.45, 7) is 8.93. The molecule has 4 rings (SSSR count). The summed E-state index contributed by atoms with van der Waals surface area (Å²) in [5, 5.41) is 0. The van der Waals surface area contributed by atoms with E-state index in [-0.39, 0.29) is 5.41 Å². The summed E-state index contributed by atoms with van der Waals surface area (Å²) in [5.74, 6) is 2.52. The molecule has 0 atom stereocenters. The molecule has 3 nitrogen and oxygen atoms in total. The molecule has 4 heteroatoms. The normalized spacial score (nSPS) is 14.6. The lowest BCUT2D eigenvalue weighted by Gasteiger charge is -2.33. The van der Waals surface area contributed by atoms with Crippen molar-refractivity contribution in [2.24, 2.45) is 0 Å². The van der Waals surface area contributed by atoms with Crippen LogP contribution in [0.2, 0.25) is 0 Å². The number of rotatable bonds is 10. The Labute approximate surface area is 212 Å². The monoisotopic (exact) mass is 490 g/mol. The average Bonchev–Trinajstić information content (AvgIpc) is 2.85. The summed E-state index contributed by atoms with van der Waals surface area (Å²) in [6.07, 6.45) is 9.44. The van der Waals surface area contributed by atoms with Gasteiger partial charge in [0, 0.05) is 16.5 Å². The first-order valence-electron chi connectivity index (χ1n) is 13.2. The molecule has 0 N–H and O–H groups in total. The molecule has 1 heterocycles. The first-order chi connectivity index (χ1) is 17.0. The van der Waals surface area contributed by atoms with Gasteiger partial charge < -0.3 is 13.6 Å². The molecule has 0 saturated carbocycles. The van der Waals surface area contributed by atoms with Gasteiger partial charge in [-0.3, -0.25) is 0 Å². The third-order valence-corrected chi connectivity index (χ3v) is 7.92. The van der Waals surface area contributed by atoms with E-state index in [9.17, 15) is 0 Å². The van der Waals surface area contributed by atoms with E-state index < -0.39 is 8.60 Å². The standard InChI is InChI=1S/C31H39O3P/c1-5-7-9-15-24-21-22-28(25(23-24)16-10-8-6-2)32-35-33-29-19-13-11-17-26(29)31(3,4)27-18-12-14-20-30(27)34-35/h11-14,17-23H,5-10,15-16H2,1-4H3. The van der Waals surface area contributed by atoms with Crippen LogP contribution in [-0.4, -0.2) is 0 Å². The van der Waals surface area contributed by atoms with Crippen molar-refractivity contribution in [1.82, 2.24) is 0 Å². The Morgan fingerprint density at radius 3 is 1.89 bits per heavy atom. The summed E-state index contributed by atoms with van der Waals surface area (Å²) < 4.78 is 19.4. The quantitative estimate of drug-likeness (QED) is 0.209. The molecule has 3 aromatic carbocycles. The lowest BCUT2D eigenvalue weighted by molar-refractivity contribution is 0.368. The van der Waals surface area contributed by atoms with Gasteiger partial charge in [-0.25, -0.2) is 0 Å². The van der Waals surface area contributed by atoms with Crippen molar-refractivity contribution in [3.63, 3.8) is 0 Å². The van der Waals surface area contributed by atoms with Gasteiger partial charge in [0.05, 0.1) is 0 Å². The fraction of sp³-hybridized carbons (Fsp3) is 0.419. The van der Waals surface area contributed by atoms with Crippen molar-refractivity contribution >= 4 is 8.60 Å². The maximum atomic E-state index is 6.54. The third kappa shape index (κ3) is 6.19. The zero-order chi connectivity index (χ0) is 24.7. The number of benzene rings is 3. The van der Waals surface area contributed by atoms with E-state index in [1.165, 1.54) is 43.2 Å². The molecular formula is C31H39O3P. The summed E-state index contributed by atoms with van der Waals surface area (Å²) in [4.78, 5) is 0. The summed E-state index contributed by atoms with van der Waals surface area (Å²) in [5.41, 5.74) is 4.68. The van der Waals surface area contributed by atoms with Crippen molar-refractivity contribution in [2.45, 2.75) is 84.5 Å². The van der Waals surface area contributed by atoms with Crippen LogP contribution in [0.25, 0.3) is 0 Å². The summed E-state index contributed by atoms with van der Waals surface area (Å²) in [7, 11) is -1.66. The number of hydrogen-bond donors (Lipinski definition) is 0. The maximum Gasteiger partial charge on any atom is 0.530 e. The Morgan fingerprint density at radius 2 is 1.29 bits per heavy atom. The minimum absolute atomic E-state index is 0.250. The SMILES string of the molecule is CCCCCc1ccc(OP2Oc3ccccc3C(C)(C)c3ccccc3O2)c(CCCCC)c1. The van der Waals surface area contributed by atoms with Crippen LogP contribution in [0, 0.1) is 0 Å². The van der Waals surface area contributed by atoms with Crippen LogP contribution in [0.15, 0.2) is 66.7 Å². The Hall–Kier alpha value is -2.51. The predicted octanol–water partition coefficient (Wildman–Crippen LogP) is 9.55. The van der Waals surface area contributed by atoms with Crippen molar-refractivity contribution in [3.8, 4) is 17.2 Å². The molecule has 0 unspecified atom stereocenters. The van der Waals surface area contributed by atoms with Gasteiger partial charge in [-0.2, -0.15) is 0 Å². The van der Waals surface area contributed by atoms with Gasteiger partial charge in [-0.05, 0) is 55.0 Å². The molecule has 0 bridgehead atoms. The van der Waals surface area contributed by atoms with Crippen LogP contribution >= 0.6 is 8.60 Å². The van der Waals surface area contributed by atoms with Crippen molar-refractivity contribution in [3.05, 3.63) is 89.0 Å². The minimum Gasteiger partial charge on any atom is -0.408 e. The lowest BCUT2D eigenvalue weighted by Crippen LogP contribution is -2.23. The first-order valence-corrected chi connectivity index (χ1v) is 14.3. The Morgan fingerprint density at radius 1 is 0.714 bits per heavy atom. The van der Waals surface area contributed by atoms with E-state index in [0.717, 1.165) is 47.6 Å². The van der Waals surface area contributed by atoms with Crippen LogP contribution in [0.4, 0.5) is 0 Å². The molecule has 1 aliphatic heterocycles. The van der Waals surface area contributed by atoms with Crippen LogP contribution in [0.5, 0.6) is 17.2 Å². The highest BCUT2D eigenvalue weighted by atomic mass is 31.2. The Kier molecular flexibility index (Phi) is 8.74. The largest absolute Gasteiger partial charge is 0.530 e. The van der Waals surface area contributed by atoms with Crippen molar-refractivity contribution < 1.29 is 13.6 Å². The molecule has 0 spiro atoms. The number of aryl methyl sites for hydroxylation is 2. The second-order valence-corrected chi connectivity index (χ2v) is 11.0. The van der Waals surface area contributed by atoms with Crippen molar-refractivity contribution in [2.75, 3.05) is 0 Å². The molecule has 0 amide bonds. The van der Waals surface area contributed by atoms with Crippen LogP contribution in [0.3, 0.4) is 0 Å². The molecule has 35 heavy (non-hydrogen) atoms. The van der Waals surface area contributed by atoms with Gasteiger partial charge in [0.1, 0.15) is 17.2 Å². The van der Waals surface area contributed by atoms with E-state index in [0.29, 0.717) is 0 Å². The fourth-order valence-corrected chi connectivity index (χ4v) is 5.87. The number of fused-ring (bicyclic) bond motifs is 2. The Balaban J connectivity index is 1.65. The molecule has 1 aliphatic rings.